The minimum atomic E-state index is -0.246. The lowest BCUT2D eigenvalue weighted by Crippen LogP contribution is -2.33. The Hall–Kier alpha value is -3.72. The minimum absolute atomic E-state index is 0.0734. The van der Waals surface area contributed by atoms with Crippen molar-refractivity contribution in [2.75, 3.05) is 5.32 Å². The number of fused-ring (bicyclic) bond motifs is 3. The van der Waals surface area contributed by atoms with Crippen molar-refractivity contribution < 1.29 is 9.53 Å². The minimum Gasteiger partial charge on any atom is -0.439 e. The van der Waals surface area contributed by atoms with Crippen LogP contribution in [-0.4, -0.2) is 36.4 Å². The number of hydrogen-bond acceptors (Lipinski definition) is 6. The van der Waals surface area contributed by atoms with Gasteiger partial charge in [-0.1, -0.05) is 13.8 Å². The molecular weight excluding hydrogens is 430 g/mol. The van der Waals surface area contributed by atoms with Gasteiger partial charge in [0.1, 0.15) is 12.1 Å². The van der Waals surface area contributed by atoms with Crippen LogP contribution < -0.4 is 15.4 Å². The summed E-state index contributed by atoms with van der Waals surface area (Å²) in [4.78, 5) is 21.7. The fraction of sp³-hybridized carbons (Fsp3) is 0.360. The summed E-state index contributed by atoms with van der Waals surface area (Å²) in [5.41, 5.74) is 4.03. The van der Waals surface area contributed by atoms with Gasteiger partial charge in [-0.3, -0.25) is 14.6 Å². The Morgan fingerprint density at radius 2 is 2.12 bits per heavy atom. The predicted octanol–water partition coefficient (Wildman–Crippen LogP) is 4.22. The Balaban J connectivity index is 1.23. The molecule has 0 spiro atoms. The molecule has 5 heterocycles. The van der Waals surface area contributed by atoms with Crippen LogP contribution >= 0.6 is 0 Å². The van der Waals surface area contributed by atoms with Gasteiger partial charge in [0.25, 0.3) is 0 Å². The van der Waals surface area contributed by atoms with E-state index in [-0.39, 0.29) is 11.4 Å². The third kappa shape index (κ3) is 3.52. The summed E-state index contributed by atoms with van der Waals surface area (Å²) in [6.45, 7) is 8.12. The highest BCUT2D eigenvalue weighted by Crippen LogP contribution is 2.35. The zero-order valence-electron chi connectivity index (χ0n) is 19.5. The summed E-state index contributed by atoms with van der Waals surface area (Å²) in [6.07, 6.45) is 5.18. The second-order valence-electron chi connectivity index (χ2n) is 9.80. The molecule has 2 aliphatic rings. The molecule has 1 atom stereocenters. The highest BCUT2D eigenvalue weighted by Gasteiger charge is 2.32. The lowest BCUT2D eigenvalue weighted by atomic mass is 9.89. The molecule has 0 saturated heterocycles. The molecule has 2 N–H and O–H groups in total. The van der Waals surface area contributed by atoms with Crippen molar-refractivity contribution >= 4 is 22.8 Å². The van der Waals surface area contributed by atoms with Crippen molar-refractivity contribution in [3.63, 3.8) is 0 Å². The summed E-state index contributed by atoms with van der Waals surface area (Å²) in [5.74, 6) is 1.84. The fourth-order valence-electron chi connectivity index (χ4n) is 4.87. The molecule has 0 radical (unpaired) electrons. The number of hydrogen-bond donors (Lipinski definition) is 2. The zero-order valence-corrected chi connectivity index (χ0v) is 19.5. The lowest BCUT2D eigenvalue weighted by Gasteiger charge is -2.23. The summed E-state index contributed by atoms with van der Waals surface area (Å²) >= 11 is 0. The molecule has 174 valence electrons. The normalized spacial score (nSPS) is 18.5. The molecule has 0 fully saturated rings. The molecule has 3 aromatic heterocycles. The fourth-order valence-corrected chi connectivity index (χ4v) is 4.87. The molecule has 9 heteroatoms. The smallest absolute Gasteiger partial charge is 0.331 e. The summed E-state index contributed by atoms with van der Waals surface area (Å²) in [5, 5.41) is 11.8. The number of aromatic nitrogens is 5. The van der Waals surface area contributed by atoms with Crippen molar-refractivity contribution in [1.82, 2.24) is 29.6 Å². The first-order valence-corrected chi connectivity index (χ1v) is 11.6. The average molecular weight is 458 g/mol. The monoisotopic (exact) mass is 457 g/mol. The van der Waals surface area contributed by atoms with Gasteiger partial charge in [-0.2, -0.15) is 5.10 Å². The van der Waals surface area contributed by atoms with E-state index in [4.69, 9.17) is 4.74 Å². The van der Waals surface area contributed by atoms with Gasteiger partial charge in [0.15, 0.2) is 5.82 Å². The molecular formula is C25H27N7O2. The third-order valence-corrected chi connectivity index (χ3v) is 6.88. The van der Waals surface area contributed by atoms with E-state index in [1.165, 1.54) is 6.33 Å². The number of benzene rings is 1. The highest BCUT2D eigenvalue weighted by atomic mass is 16.5. The quantitative estimate of drug-likeness (QED) is 0.478. The number of carbonyl (C=O) groups excluding carboxylic acids is 1. The molecule has 34 heavy (non-hydrogen) atoms. The number of ether oxygens (including phenoxy) is 1. The van der Waals surface area contributed by atoms with E-state index in [2.05, 4.69) is 46.5 Å². The Morgan fingerprint density at radius 3 is 2.97 bits per heavy atom. The van der Waals surface area contributed by atoms with Crippen LogP contribution in [0.5, 0.6) is 11.6 Å². The van der Waals surface area contributed by atoms with Crippen molar-refractivity contribution in [2.24, 2.45) is 0 Å². The van der Waals surface area contributed by atoms with Crippen molar-refractivity contribution in [1.29, 1.82) is 0 Å². The molecule has 0 bridgehead atoms. The van der Waals surface area contributed by atoms with Gasteiger partial charge in [0.2, 0.25) is 5.88 Å². The number of nitrogens with zero attached hydrogens (tertiary/aromatic N) is 5. The highest BCUT2D eigenvalue weighted by molar-refractivity contribution is 5.98. The van der Waals surface area contributed by atoms with E-state index >= 15 is 0 Å². The first kappa shape index (κ1) is 20.9. The number of aryl methyl sites for hydroxylation is 1. The molecule has 1 aromatic carbocycles. The van der Waals surface area contributed by atoms with Crippen LogP contribution in [0.3, 0.4) is 0 Å². The third-order valence-electron chi connectivity index (χ3n) is 6.88. The first-order valence-electron chi connectivity index (χ1n) is 11.6. The van der Waals surface area contributed by atoms with Crippen molar-refractivity contribution in [3.05, 3.63) is 59.8 Å². The molecule has 0 saturated carbocycles. The van der Waals surface area contributed by atoms with Gasteiger partial charge in [0, 0.05) is 53.5 Å². The maximum absolute atomic E-state index is 13.0. The van der Waals surface area contributed by atoms with E-state index < -0.39 is 0 Å². The topological polar surface area (TPSA) is 98.9 Å². The molecule has 2 aliphatic heterocycles. The van der Waals surface area contributed by atoms with Crippen LogP contribution in [0.25, 0.3) is 10.9 Å². The second kappa shape index (κ2) is 7.66. The summed E-state index contributed by atoms with van der Waals surface area (Å²) in [6, 6.07) is 9.65. The van der Waals surface area contributed by atoms with E-state index in [0.29, 0.717) is 30.0 Å². The van der Waals surface area contributed by atoms with Gasteiger partial charge in [0.05, 0.1) is 11.2 Å². The number of anilines is 1. The van der Waals surface area contributed by atoms with Crippen LogP contribution in [0.15, 0.2) is 42.9 Å². The van der Waals surface area contributed by atoms with Crippen LogP contribution in [0.4, 0.5) is 10.6 Å². The van der Waals surface area contributed by atoms with Gasteiger partial charge in [-0.05, 0) is 44.0 Å². The Morgan fingerprint density at radius 1 is 1.24 bits per heavy atom. The largest absolute Gasteiger partial charge is 0.439 e. The van der Waals surface area contributed by atoms with Gasteiger partial charge >= 0.3 is 6.03 Å². The predicted molar refractivity (Wildman–Crippen MR) is 128 cm³/mol. The summed E-state index contributed by atoms with van der Waals surface area (Å²) < 4.78 is 9.73. The van der Waals surface area contributed by atoms with Crippen LogP contribution in [0.2, 0.25) is 0 Å². The van der Waals surface area contributed by atoms with Gasteiger partial charge in [-0.15, -0.1) is 0 Å². The van der Waals surface area contributed by atoms with E-state index in [0.717, 1.165) is 47.2 Å². The standard InChI is InChI=1S/C25H27N7O2/c1-15-10-18-19(13-26-15)27-14-28-23(18)34-17-4-5-20-16(11-17)6-8-31(20)24(33)29-22-12-21-25(2,3)7-9-32(21)30-22/h4-6,8,11-12,14-15,26H,7,9-10,13H2,1-3H3,(H,29,30,33). The molecule has 4 aromatic rings. The van der Waals surface area contributed by atoms with Crippen LogP contribution in [0.1, 0.15) is 44.1 Å². The maximum Gasteiger partial charge on any atom is 0.331 e. The van der Waals surface area contributed by atoms with Crippen molar-refractivity contribution in [2.45, 2.75) is 58.2 Å². The van der Waals surface area contributed by atoms with E-state index in [1.54, 1.807) is 10.8 Å². The average Bonchev–Trinajstić information content (AvgIpc) is 3.49. The number of rotatable bonds is 3. The number of amides is 1. The molecule has 1 unspecified atom stereocenters. The molecule has 0 aliphatic carbocycles. The number of carbonyl (C=O) groups is 1. The first-order chi connectivity index (χ1) is 16.4. The SMILES string of the molecule is CC1Cc2c(ncnc2Oc2ccc3c(ccn3C(=O)Nc3cc4n(n3)CCC4(C)C)c2)CN1. The Labute approximate surface area is 197 Å². The Kier molecular flexibility index (Phi) is 4.70. The molecule has 1 amide bonds. The number of nitrogens with one attached hydrogen (secondary N) is 2. The van der Waals surface area contributed by atoms with Crippen molar-refractivity contribution in [3.8, 4) is 11.6 Å². The maximum atomic E-state index is 13.0. The molecule has 6 rings (SSSR count). The van der Waals surface area contributed by atoms with Crippen LogP contribution in [-0.2, 0) is 24.9 Å². The van der Waals surface area contributed by atoms with E-state index in [9.17, 15) is 4.79 Å². The zero-order chi connectivity index (χ0) is 23.4. The lowest BCUT2D eigenvalue weighted by molar-refractivity contribution is 0.254. The van der Waals surface area contributed by atoms with Gasteiger partial charge < -0.3 is 10.1 Å². The van der Waals surface area contributed by atoms with Crippen LogP contribution in [0, 0.1) is 0 Å². The molecule has 9 nitrogen and oxygen atoms in total. The second-order valence-corrected chi connectivity index (χ2v) is 9.80. The van der Waals surface area contributed by atoms with Gasteiger partial charge in [-0.25, -0.2) is 14.8 Å². The van der Waals surface area contributed by atoms with E-state index in [1.807, 2.05) is 35.0 Å². The summed E-state index contributed by atoms with van der Waals surface area (Å²) in [7, 11) is 0. The Bertz CT molecular complexity index is 1420.